The molecule has 2 heterocycles. The third-order valence-corrected chi connectivity index (χ3v) is 4.67. The molecule has 1 fully saturated rings. The van der Waals surface area contributed by atoms with Crippen LogP contribution in [-0.4, -0.2) is 47.3 Å². The average Bonchev–Trinajstić information content (AvgIpc) is 3.31. The summed E-state index contributed by atoms with van der Waals surface area (Å²) in [5.74, 6) is 0.823. The Morgan fingerprint density at radius 2 is 1.96 bits per heavy atom. The van der Waals surface area contributed by atoms with Crippen LogP contribution in [0, 0.1) is 0 Å². The monoisotopic (exact) mass is 340 g/mol. The Balaban J connectivity index is 1.59. The first-order valence-electron chi connectivity index (χ1n) is 8.97. The van der Waals surface area contributed by atoms with E-state index in [-0.39, 0.29) is 0 Å². The first-order valence-corrected chi connectivity index (χ1v) is 8.97. The predicted molar refractivity (Wildman–Crippen MR) is 101 cm³/mol. The lowest BCUT2D eigenvalue weighted by Gasteiger charge is -2.28. The van der Waals surface area contributed by atoms with Gasteiger partial charge in [0.15, 0.2) is 5.96 Å². The maximum absolute atomic E-state index is 4.35. The molecule has 0 radical (unpaired) electrons. The third kappa shape index (κ3) is 4.82. The summed E-state index contributed by atoms with van der Waals surface area (Å²) in [6.45, 7) is 3.90. The lowest BCUT2D eigenvalue weighted by Crippen LogP contribution is -2.42. The van der Waals surface area contributed by atoms with Gasteiger partial charge in [0.05, 0.1) is 12.2 Å². The summed E-state index contributed by atoms with van der Waals surface area (Å²) in [5.41, 5.74) is 2.50. The van der Waals surface area contributed by atoms with E-state index in [4.69, 9.17) is 0 Å². The van der Waals surface area contributed by atoms with E-state index in [0.29, 0.717) is 12.6 Å². The van der Waals surface area contributed by atoms with E-state index in [0.717, 1.165) is 18.1 Å². The minimum atomic E-state index is 0.376. The molecule has 1 aliphatic heterocycles. The molecule has 1 aromatic heterocycles. The zero-order chi connectivity index (χ0) is 17.5. The van der Waals surface area contributed by atoms with Gasteiger partial charge < -0.3 is 10.6 Å². The van der Waals surface area contributed by atoms with Gasteiger partial charge in [-0.15, -0.1) is 0 Å². The van der Waals surface area contributed by atoms with E-state index < -0.39 is 0 Å². The van der Waals surface area contributed by atoms with Gasteiger partial charge in [-0.1, -0.05) is 30.3 Å². The van der Waals surface area contributed by atoms with Gasteiger partial charge in [0, 0.05) is 38.9 Å². The van der Waals surface area contributed by atoms with Gasteiger partial charge in [-0.2, -0.15) is 5.10 Å². The summed E-state index contributed by atoms with van der Waals surface area (Å²) < 4.78 is 1.81. The van der Waals surface area contributed by atoms with Gasteiger partial charge in [-0.3, -0.25) is 14.6 Å². The number of hydrogen-bond acceptors (Lipinski definition) is 3. The van der Waals surface area contributed by atoms with E-state index in [1.807, 2.05) is 31.2 Å². The van der Waals surface area contributed by atoms with Crippen molar-refractivity contribution in [3.05, 3.63) is 53.9 Å². The number of hydrogen-bond donors (Lipinski definition) is 2. The molecule has 0 amide bonds. The molecule has 0 aliphatic carbocycles. The summed E-state index contributed by atoms with van der Waals surface area (Å²) in [5, 5.41) is 11.1. The van der Waals surface area contributed by atoms with E-state index >= 15 is 0 Å². The highest BCUT2D eigenvalue weighted by Crippen LogP contribution is 2.24. The van der Waals surface area contributed by atoms with E-state index in [2.05, 4.69) is 56.0 Å². The van der Waals surface area contributed by atoms with E-state index in [1.54, 1.807) is 0 Å². The topological polar surface area (TPSA) is 57.5 Å². The van der Waals surface area contributed by atoms with Crippen LogP contribution < -0.4 is 10.6 Å². The highest BCUT2D eigenvalue weighted by Gasteiger charge is 2.23. The van der Waals surface area contributed by atoms with Crippen molar-refractivity contribution in [2.75, 3.05) is 26.7 Å². The Morgan fingerprint density at radius 1 is 1.20 bits per heavy atom. The molecular formula is C19H28N6. The van der Waals surface area contributed by atoms with Gasteiger partial charge >= 0.3 is 0 Å². The summed E-state index contributed by atoms with van der Waals surface area (Å²) in [7, 11) is 3.74. The van der Waals surface area contributed by atoms with Gasteiger partial charge in [0.25, 0.3) is 0 Å². The van der Waals surface area contributed by atoms with Crippen LogP contribution in [0.15, 0.2) is 47.7 Å². The standard InChI is InChI=1S/C19H28N6/c1-20-19(21-12-16-13-23-24(2)15-16)22-14-18(25-10-6-7-11-25)17-8-4-3-5-9-17/h3-5,8-9,13,15,18H,6-7,10-12,14H2,1-2H3,(H2,20,21,22). The molecule has 1 atom stereocenters. The SMILES string of the molecule is CN=C(NCc1cnn(C)c1)NCC(c1ccccc1)N1CCCC1. The Labute approximate surface area is 149 Å². The molecule has 0 bridgehead atoms. The highest BCUT2D eigenvalue weighted by atomic mass is 15.2. The lowest BCUT2D eigenvalue weighted by atomic mass is 10.1. The number of nitrogens with one attached hydrogen (secondary N) is 2. The van der Waals surface area contributed by atoms with Crippen molar-refractivity contribution < 1.29 is 0 Å². The molecule has 0 spiro atoms. The third-order valence-electron chi connectivity index (χ3n) is 4.67. The average molecular weight is 340 g/mol. The largest absolute Gasteiger partial charge is 0.354 e. The molecule has 6 heteroatoms. The summed E-state index contributed by atoms with van der Waals surface area (Å²) >= 11 is 0. The predicted octanol–water partition coefficient (Wildman–Crippen LogP) is 1.92. The van der Waals surface area contributed by atoms with Crippen LogP contribution in [0.5, 0.6) is 0 Å². The minimum Gasteiger partial charge on any atom is -0.354 e. The van der Waals surface area contributed by atoms with Crippen LogP contribution in [0.2, 0.25) is 0 Å². The molecule has 134 valence electrons. The number of aryl methyl sites for hydroxylation is 1. The molecule has 1 aromatic carbocycles. The maximum atomic E-state index is 4.35. The fourth-order valence-electron chi connectivity index (χ4n) is 3.35. The second kappa shape index (κ2) is 8.67. The van der Waals surface area contributed by atoms with Crippen molar-refractivity contribution in [3.8, 4) is 0 Å². The number of likely N-dealkylation sites (tertiary alicyclic amines) is 1. The van der Waals surface area contributed by atoms with Crippen LogP contribution in [-0.2, 0) is 13.6 Å². The number of rotatable bonds is 6. The molecule has 1 aliphatic rings. The number of guanidine groups is 1. The highest BCUT2D eigenvalue weighted by molar-refractivity contribution is 5.79. The fourth-order valence-corrected chi connectivity index (χ4v) is 3.35. The fraction of sp³-hybridized carbons (Fsp3) is 0.474. The number of aromatic nitrogens is 2. The summed E-state index contributed by atoms with van der Waals surface area (Å²) in [6.07, 6.45) is 6.46. The minimum absolute atomic E-state index is 0.376. The van der Waals surface area contributed by atoms with Gasteiger partial charge in [0.1, 0.15) is 0 Å². The van der Waals surface area contributed by atoms with Crippen LogP contribution in [0.4, 0.5) is 0 Å². The second-order valence-electron chi connectivity index (χ2n) is 6.50. The Hall–Kier alpha value is -2.34. The second-order valence-corrected chi connectivity index (χ2v) is 6.50. The van der Waals surface area contributed by atoms with Crippen molar-refractivity contribution in [3.63, 3.8) is 0 Å². The van der Waals surface area contributed by atoms with Crippen LogP contribution in [0.1, 0.15) is 30.0 Å². The molecule has 1 saturated heterocycles. The van der Waals surface area contributed by atoms with Gasteiger partial charge in [0.2, 0.25) is 0 Å². The Kier molecular flexibility index (Phi) is 6.06. The van der Waals surface area contributed by atoms with Crippen molar-refractivity contribution in [1.29, 1.82) is 0 Å². The van der Waals surface area contributed by atoms with Crippen molar-refractivity contribution in [2.45, 2.75) is 25.4 Å². The van der Waals surface area contributed by atoms with Crippen LogP contribution in [0.25, 0.3) is 0 Å². The van der Waals surface area contributed by atoms with Crippen molar-refractivity contribution in [2.24, 2.45) is 12.0 Å². The maximum Gasteiger partial charge on any atom is 0.191 e. The molecule has 3 rings (SSSR count). The summed E-state index contributed by atoms with van der Waals surface area (Å²) in [6, 6.07) is 11.1. The first-order chi connectivity index (χ1) is 12.3. The molecule has 0 saturated carbocycles. The van der Waals surface area contributed by atoms with Gasteiger partial charge in [-0.25, -0.2) is 0 Å². The first kappa shape index (κ1) is 17.5. The summed E-state index contributed by atoms with van der Waals surface area (Å²) in [4.78, 5) is 6.92. The van der Waals surface area contributed by atoms with E-state index in [1.165, 1.54) is 31.5 Å². The normalized spacial score (nSPS) is 16.8. The smallest absolute Gasteiger partial charge is 0.191 e. The van der Waals surface area contributed by atoms with Crippen molar-refractivity contribution >= 4 is 5.96 Å². The lowest BCUT2D eigenvalue weighted by molar-refractivity contribution is 0.245. The molecule has 1 unspecified atom stereocenters. The molecular weight excluding hydrogens is 312 g/mol. The Bertz CT molecular complexity index is 672. The van der Waals surface area contributed by atoms with Crippen LogP contribution in [0.3, 0.4) is 0 Å². The number of aliphatic imine (C=N–C) groups is 1. The zero-order valence-corrected chi connectivity index (χ0v) is 15.2. The van der Waals surface area contributed by atoms with Crippen molar-refractivity contribution in [1.82, 2.24) is 25.3 Å². The van der Waals surface area contributed by atoms with E-state index in [9.17, 15) is 0 Å². The van der Waals surface area contributed by atoms with Crippen LogP contribution >= 0.6 is 0 Å². The zero-order valence-electron chi connectivity index (χ0n) is 15.2. The quantitative estimate of drug-likeness (QED) is 0.623. The number of benzene rings is 1. The molecule has 6 nitrogen and oxygen atoms in total. The molecule has 25 heavy (non-hydrogen) atoms. The molecule has 2 aromatic rings. The van der Waals surface area contributed by atoms with Gasteiger partial charge in [-0.05, 0) is 31.5 Å². The number of nitrogens with zero attached hydrogens (tertiary/aromatic N) is 4. The Morgan fingerprint density at radius 3 is 2.60 bits per heavy atom. The molecule has 2 N–H and O–H groups in total.